The van der Waals surface area contributed by atoms with Gasteiger partial charge in [-0.05, 0) is 176 Å². The van der Waals surface area contributed by atoms with E-state index in [1.54, 1.807) is 12.1 Å². The van der Waals surface area contributed by atoms with Crippen molar-refractivity contribution in [3.8, 4) is 22.3 Å². The van der Waals surface area contributed by atoms with Crippen LogP contribution < -0.4 is 4.90 Å². The number of nitrogens with zero attached hydrogens (tertiary/aromatic N) is 1. The molecule has 0 atom stereocenters. The molecule has 0 saturated carbocycles. The highest BCUT2D eigenvalue weighted by Crippen LogP contribution is 2.60. The predicted molar refractivity (Wildman–Crippen MR) is 259 cm³/mol. The minimum atomic E-state index is -0.335. The van der Waals surface area contributed by atoms with Gasteiger partial charge in [0, 0.05) is 33.5 Å². The molecule has 0 fully saturated rings. The van der Waals surface area contributed by atoms with Crippen molar-refractivity contribution in [1.29, 1.82) is 0 Å². The fourth-order valence-corrected chi connectivity index (χ4v) is 11.0. The first kappa shape index (κ1) is 39.9. The topological polar surface area (TPSA) is 3.24 Å². The van der Waals surface area contributed by atoms with E-state index in [1.165, 1.54) is 96.1 Å². The summed E-state index contributed by atoms with van der Waals surface area (Å²) >= 11 is 0. The Morgan fingerprint density at radius 1 is 0.453 bits per heavy atom. The number of benzene rings is 9. The van der Waals surface area contributed by atoms with Crippen LogP contribution in [0.2, 0.25) is 0 Å². The summed E-state index contributed by atoms with van der Waals surface area (Å²) in [5.41, 5.74) is 17.2. The summed E-state index contributed by atoms with van der Waals surface area (Å²) in [7, 11) is 0. The average molecular weight is 840 g/mol. The van der Waals surface area contributed by atoms with Crippen molar-refractivity contribution in [3.05, 3.63) is 232 Å². The Morgan fingerprint density at radius 2 is 0.875 bits per heavy atom. The van der Waals surface area contributed by atoms with Crippen LogP contribution in [0.4, 0.5) is 30.2 Å². The van der Waals surface area contributed by atoms with E-state index in [0.29, 0.717) is 0 Å². The normalized spacial score (nSPS) is 14.1. The van der Waals surface area contributed by atoms with Gasteiger partial charge in [0.2, 0.25) is 0 Å². The number of fused-ring (bicyclic) bond motifs is 10. The molecule has 0 bridgehead atoms. The van der Waals surface area contributed by atoms with Gasteiger partial charge in [-0.2, -0.15) is 0 Å². The van der Waals surface area contributed by atoms with Crippen LogP contribution in [0.15, 0.2) is 170 Å². The lowest BCUT2D eigenvalue weighted by molar-refractivity contribution is 0.622. The molecular weight excluding hydrogens is 792 g/mol. The highest BCUT2D eigenvalue weighted by atomic mass is 19.1. The van der Waals surface area contributed by atoms with Gasteiger partial charge in [0.15, 0.2) is 0 Å². The molecule has 9 aromatic rings. The number of halogens is 3. The van der Waals surface area contributed by atoms with Crippen molar-refractivity contribution < 1.29 is 13.2 Å². The molecule has 0 aliphatic heterocycles. The molecule has 0 radical (unpaired) electrons. The quantitative estimate of drug-likeness (QED) is 0.147. The van der Waals surface area contributed by atoms with Crippen LogP contribution in [0.3, 0.4) is 0 Å². The van der Waals surface area contributed by atoms with Gasteiger partial charge in [-0.25, -0.2) is 13.2 Å². The third kappa shape index (κ3) is 6.29. The number of rotatable bonds is 8. The molecule has 4 heteroatoms. The molecule has 0 aromatic heterocycles. The zero-order chi connectivity index (χ0) is 44.1. The molecule has 2 aliphatic rings. The first-order chi connectivity index (χ1) is 30.9. The van der Waals surface area contributed by atoms with Crippen LogP contribution in [-0.2, 0) is 17.3 Å². The first-order valence-corrected chi connectivity index (χ1v) is 22.3. The van der Waals surface area contributed by atoms with Crippen molar-refractivity contribution >= 4 is 38.6 Å². The smallest absolute Gasteiger partial charge is 0.123 e. The Morgan fingerprint density at radius 3 is 1.39 bits per heavy atom. The van der Waals surface area contributed by atoms with Crippen LogP contribution in [0.25, 0.3) is 43.8 Å². The summed E-state index contributed by atoms with van der Waals surface area (Å²) in [5.74, 6) is -0.827. The Labute approximate surface area is 373 Å². The molecule has 1 nitrogen and oxygen atoms in total. The molecule has 0 spiro atoms. The Hall–Kier alpha value is -6.91. The van der Waals surface area contributed by atoms with Gasteiger partial charge in [-0.3, -0.25) is 0 Å². The maximum Gasteiger partial charge on any atom is 0.123 e. The molecule has 64 heavy (non-hydrogen) atoms. The van der Waals surface area contributed by atoms with E-state index in [1.807, 2.05) is 36.4 Å². The van der Waals surface area contributed by atoms with E-state index in [9.17, 15) is 13.2 Å². The Kier molecular flexibility index (Phi) is 9.25. The van der Waals surface area contributed by atoms with Crippen molar-refractivity contribution in [3.63, 3.8) is 0 Å². The van der Waals surface area contributed by atoms with E-state index in [-0.39, 0.29) is 34.2 Å². The van der Waals surface area contributed by atoms with Crippen LogP contribution >= 0.6 is 0 Å². The fourth-order valence-electron chi connectivity index (χ4n) is 11.0. The van der Waals surface area contributed by atoms with Gasteiger partial charge in [-0.15, -0.1) is 0 Å². The molecule has 0 unspecified atom stereocenters. The summed E-state index contributed by atoms with van der Waals surface area (Å²) in [6, 6.07) is 56.3. The summed E-state index contributed by atoms with van der Waals surface area (Å²) in [5, 5.41) is 4.81. The van der Waals surface area contributed by atoms with Crippen LogP contribution in [0, 0.1) is 24.4 Å². The zero-order valence-corrected chi connectivity index (χ0v) is 36.7. The van der Waals surface area contributed by atoms with Crippen LogP contribution in [0.5, 0.6) is 0 Å². The van der Waals surface area contributed by atoms with E-state index in [4.69, 9.17) is 0 Å². The van der Waals surface area contributed by atoms with Crippen molar-refractivity contribution in [2.45, 2.75) is 64.2 Å². The zero-order valence-electron chi connectivity index (χ0n) is 36.7. The summed E-state index contributed by atoms with van der Waals surface area (Å²) in [4.78, 5) is 2.27. The minimum Gasteiger partial charge on any atom is -0.310 e. The van der Waals surface area contributed by atoms with Crippen molar-refractivity contribution in [2.75, 3.05) is 4.90 Å². The highest BCUT2D eigenvalue weighted by Gasteiger charge is 2.43. The third-order valence-corrected chi connectivity index (χ3v) is 14.4. The molecule has 0 heterocycles. The number of anilines is 3. The summed E-state index contributed by atoms with van der Waals surface area (Å²) in [6.45, 7) is 11.5. The van der Waals surface area contributed by atoms with E-state index in [0.717, 1.165) is 46.4 Å². The number of hydrogen-bond acceptors (Lipinski definition) is 1. The standard InChI is InChI=1S/C60H48F3N/c1-36-14-27-43(28-15-36)64(44-29-25-42(63)26-30-44)56-35-55-58(49-13-9-7-11-47(49)56)51-34-52-50(33-53(51)60(55,4)5)57-48-12-8-6-10-46(48)39(32-54(57)59(52,2)3)20-31-45(37-16-21-40(61)22-17-37)38-18-23-41(62)24-19-38/h6-19,21-30,32-35,45H,20,31H2,1-5H3. The number of hydrogen-bond donors (Lipinski definition) is 0. The maximum atomic E-state index is 14.4. The molecule has 0 saturated heterocycles. The van der Waals surface area contributed by atoms with Gasteiger partial charge in [0.05, 0.1) is 5.69 Å². The lowest BCUT2D eigenvalue weighted by Gasteiger charge is -2.30. The second-order valence-electron chi connectivity index (χ2n) is 18.9. The second kappa shape index (κ2) is 14.8. The highest BCUT2D eigenvalue weighted by molar-refractivity contribution is 6.11. The molecular formula is C60H48F3N. The third-order valence-electron chi connectivity index (χ3n) is 14.4. The van der Waals surface area contributed by atoms with Crippen LogP contribution in [0.1, 0.15) is 84.5 Å². The molecule has 2 aliphatic carbocycles. The van der Waals surface area contributed by atoms with Gasteiger partial charge in [0.1, 0.15) is 17.5 Å². The van der Waals surface area contributed by atoms with Gasteiger partial charge >= 0.3 is 0 Å². The molecule has 9 aromatic carbocycles. The minimum absolute atomic E-state index is 0.0290. The largest absolute Gasteiger partial charge is 0.310 e. The SMILES string of the molecule is Cc1ccc(N(c2ccc(F)cc2)c2cc3c(c4ccccc24)-c2cc4c(cc2C3(C)C)-c2c(cc(CCC(c3ccc(F)cc3)c3ccc(F)cc3)c3ccccc23)C4(C)C)cc1. The van der Waals surface area contributed by atoms with Crippen molar-refractivity contribution in [2.24, 2.45) is 0 Å². The maximum absolute atomic E-state index is 14.4. The van der Waals surface area contributed by atoms with E-state index in [2.05, 4.69) is 137 Å². The molecule has 11 rings (SSSR count). The van der Waals surface area contributed by atoms with Gasteiger partial charge in [-0.1, -0.05) is 124 Å². The summed E-state index contributed by atoms with van der Waals surface area (Å²) < 4.78 is 42.7. The van der Waals surface area contributed by atoms with Crippen LogP contribution in [-0.4, -0.2) is 0 Å². The summed E-state index contributed by atoms with van der Waals surface area (Å²) in [6.07, 6.45) is 1.58. The van der Waals surface area contributed by atoms with E-state index >= 15 is 0 Å². The Bertz CT molecular complexity index is 3200. The average Bonchev–Trinajstić information content (AvgIpc) is 3.66. The van der Waals surface area contributed by atoms with Crippen molar-refractivity contribution in [1.82, 2.24) is 0 Å². The lowest BCUT2D eigenvalue weighted by Crippen LogP contribution is -2.18. The van der Waals surface area contributed by atoms with Gasteiger partial charge < -0.3 is 4.90 Å². The predicted octanol–water partition coefficient (Wildman–Crippen LogP) is 16.6. The molecule has 314 valence electrons. The lowest BCUT2D eigenvalue weighted by atomic mass is 9.78. The Balaban J connectivity index is 1.05. The fraction of sp³-hybridized carbons (Fsp3) is 0.167. The first-order valence-electron chi connectivity index (χ1n) is 22.3. The second-order valence-corrected chi connectivity index (χ2v) is 18.9. The van der Waals surface area contributed by atoms with E-state index < -0.39 is 0 Å². The van der Waals surface area contributed by atoms with Gasteiger partial charge in [0.25, 0.3) is 0 Å². The molecule has 0 amide bonds. The number of aryl methyl sites for hydroxylation is 2. The monoisotopic (exact) mass is 839 g/mol. The molecule has 0 N–H and O–H groups in total.